The number of aromatic nitrogens is 2. The lowest BCUT2D eigenvalue weighted by atomic mass is 10.1. The molecule has 5 nitrogen and oxygen atoms in total. The number of nitrogens with zero attached hydrogens (tertiary/aromatic N) is 2. The Hall–Kier alpha value is -2.60. The van der Waals surface area contributed by atoms with Crippen LogP contribution in [0.4, 0.5) is 5.69 Å². The molecule has 6 heteroatoms. The number of aryl methyl sites for hydroxylation is 2. The number of fused-ring (bicyclic) bond motifs is 1. The van der Waals surface area contributed by atoms with Gasteiger partial charge in [0.25, 0.3) is 5.56 Å². The van der Waals surface area contributed by atoms with Gasteiger partial charge in [0.05, 0.1) is 16.2 Å². The Morgan fingerprint density at radius 2 is 1.85 bits per heavy atom. The Balaban J connectivity index is 1.86. The van der Waals surface area contributed by atoms with Gasteiger partial charge in [0, 0.05) is 12.7 Å². The maximum Gasteiger partial charge on any atom is 0.261 e. The zero-order valence-electron chi connectivity index (χ0n) is 15.9. The molecule has 0 aliphatic carbocycles. The Morgan fingerprint density at radius 3 is 2.52 bits per heavy atom. The molecule has 0 bridgehead atoms. The predicted octanol–water partition coefficient (Wildman–Crippen LogP) is 4.06. The Kier molecular flexibility index (Phi) is 5.65. The van der Waals surface area contributed by atoms with Crippen LogP contribution in [0.3, 0.4) is 0 Å². The largest absolute Gasteiger partial charge is 0.325 e. The maximum atomic E-state index is 12.8. The van der Waals surface area contributed by atoms with Crippen LogP contribution in [0.15, 0.2) is 52.4 Å². The van der Waals surface area contributed by atoms with Crippen molar-refractivity contribution >= 4 is 34.3 Å². The normalized spacial score (nSPS) is 12.1. The van der Waals surface area contributed by atoms with Crippen molar-refractivity contribution in [3.05, 3.63) is 63.9 Å². The second-order valence-corrected chi connectivity index (χ2v) is 7.83. The van der Waals surface area contributed by atoms with Crippen LogP contribution in [0.25, 0.3) is 10.9 Å². The number of thioether (sulfide) groups is 1. The van der Waals surface area contributed by atoms with Gasteiger partial charge in [-0.2, -0.15) is 0 Å². The number of para-hydroxylation sites is 1. The topological polar surface area (TPSA) is 64.0 Å². The molecule has 2 aromatic carbocycles. The van der Waals surface area contributed by atoms with E-state index in [4.69, 9.17) is 0 Å². The molecule has 1 unspecified atom stereocenters. The minimum Gasteiger partial charge on any atom is -0.325 e. The highest BCUT2D eigenvalue weighted by molar-refractivity contribution is 8.00. The first-order chi connectivity index (χ1) is 12.9. The highest BCUT2D eigenvalue weighted by atomic mass is 32.2. The second kappa shape index (κ2) is 7.96. The summed E-state index contributed by atoms with van der Waals surface area (Å²) in [6.45, 7) is 5.96. The van der Waals surface area contributed by atoms with Gasteiger partial charge in [-0.1, -0.05) is 36.9 Å². The van der Waals surface area contributed by atoms with Gasteiger partial charge in [-0.3, -0.25) is 14.2 Å². The van der Waals surface area contributed by atoms with Crippen LogP contribution >= 0.6 is 11.8 Å². The lowest BCUT2D eigenvalue weighted by molar-refractivity contribution is -0.115. The summed E-state index contributed by atoms with van der Waals surface area (Å²) >= 11 is 1.32. The van der Waals surface area contributed by atoms with Crippen LogP contribution in [-0.2, 0) is 11.8 Å². The third kappa shape index (κ3) is 4.22. The van der Waals surface area contributed by atoms with Crippen molar-refractivity contribution in [2.45, 2.75) is 37.6 Å². The first kappa shape index (κ1) is 19.2. The van der Waals surface area contributed by atoms with E-state index < -0.39 is 0 Å². The van der Waals surface area contributed by atoms with Gasteiger partial charge in [-0.15, -0.1) is 0 Å². The van der Waals surface area contributed by atoms with Gasteiger partial charge < -0.3 is 5.32 Å². The van der Waals surface area contributed by atoms with E-state index in [1.807, 2.05) is 51.1 Å². The molecule has 0 radical (unpaired) electrons. The van der Waals surface area contributed by atoms with Crippen LogP contribution in [0.2, 0.25) is 0 Å². The van der Waals surface area contributed by atoms with E-state index in [0.717, 1.165) is 16.8 Å². The van der Waals surface area contributed by atoms with Gasteiger partial charge >= 0.3 is 0 Å². The molecule has 0 fully saturated rings. The summed E-state index contributed by atoms with van der Waals surface area (Å²) in [5.74, 6) is -0.0880. The van der Waals surface area contributed by atoms with E-state index in [2.05, 4.69) is 16.4 Å². The van der Waals surface area contributed by atoms with Gasteiger partial charge in [-0.25, -0.2) is 4.98 Å². The van der Waals surface area contributed by atoms with Gasteiger partial charge in [0.15, 0.2) is 5.16 Å². The number of carbonyl (C=O) groups is 1. The first-order valence-electron chi connectivity index (χ1n) is 8.90. The summed E-state index contributed by atoms with van der Waals surface area (Å²) in [5, 5.41) is 3.77. The quantitative estimate of drug-likeness (QED) is 0.535. The van der Waals surface area contributed by atoms with Gasteiger partial charge in [0.2, 0.25) is 5.91 Å². The smallest absolute Gasteiger partial charge is 0.261 e. The van der Waals surface area contributed by atoms with Gasteiger partial charge in [0.1, 0.15) is 0 Å². The minimum absolute atomic E-state index is 0.0880. The number of carbonyl (C=O) groups excluding carboxylic acids is 1. The van der Waals surface area contributed by atoms with Crippen molar-refractivity contribution in [3.63, 3.8) is 0 Å². The third-order valence-corrected chi connectivity index (χ3v) is 5.75. The third-order valence-electron chi connectivity index (χ3n) is 4.34. The molecule has 0 saturated carbocycles. The standard InChI is InChI=1S/C21H23N3O2S/c1-5-18(19(25)22-15-11-13(2)10-14(3)12-15)27-21-23-17-9-7-6-8-16(17)20(26)24(21)4/h6-12,18H,5H2,1-4H3,(H,22,25). The van der Waals surface area contributed by atoms with Crippen LogP contribution in [0.5, 0.6) is 0 Å². The molecule has 1 aromatic heterocycles. The molecule has 0 saturated heterocycles. The van der Waals surface area contributed by atoms with E-state index in [9.17, 15) is 9.59 Å². The first-order valence-corrected chi connectivity index (χ1v) is 9.78. The molecule has 1 N–H and O–H groups in total. The minimum atomic E-state index is -0.343. The number of hydrogen-bond donors (Lipinski definition) is 1. The van der Waals surface area contributed by atoms with Crippen LogP contribution < -0.4 is 10.9 Å². The molecule has 1 amide bonds. The Bertz CT molecular complexity index is 1040. The summed E-state index contributed by atoms with van der Waals surface area (Å²) in [5.41, 5.74) is 3.53. The second-order valence-electron chi connectivity index (χ2n) is 6.66. The van der Waals surface area contributed by atoms with Crippen LogP contribution in [0.1, 0.15) is 24.5 Å². The van der Waals surface area contributed by atoms with Crippen molar-refractivity contribution in [1.82, 2.24) is 9.55 Å². The number of benzene rings is 2. The van der Waals surface area contributed by atoms with E-state index in [1.165, 1.54) is 16.3 Å². The molecule has 0 aliphatic rings. The molecule has 27 heavy (non-hydrogen) atoms. The summed E-state index contributed by atoms with van der Waals surface area (Å²) in [7, 11) is 1.69. The molecule has 140 valence electrons. The molecule has 1 atom stereocenters. The zero-order valence-corrected chi connectivity index (χ0v) is 16.8. The molecule has 3 rings (SSSR count). The van der Waals surface area contributed by atoms with E-state index in [1.54, 1.807) is 13.1 Å². The van der Waals surface area contributed by atoms with Crippen molar-refractivity contribution in [1.29, 1.82) is 0 Å². The van der Waals surface area contributed by atoms with Crippen LogP contribution in [-0.4, -0.2) is 20.7 Å². The lowest BCUT2D eigenvalue weighted by Gasteiger charge is -2.16. The van der Waals surface area contributed by atoms with Crippen molar-refractivity contribution in [2.75, 3.05) is 5.32 Å². The zero-order chi connectivity index (χ0) is 19.6. The number of anilines is 1. The van der Waals surface area contributed by atoms with Crippen molar-refractivity contribution in [2.24, 2.45) is 7.05 Å². The van der Waals surface area contributed by atoms with Gasteiger partial charge in [-0.05, 0) is 55.7 Å². The summed E-state index contributed by atoms with van der Waals surface area (Å²) in [4.78, 5) is 29.9. The van der Waals surface area contributed by atoms with E-state index in [0.29, 0.717) is 22.5 Å². The highest BCUT2D eigenvalue weighted by Crippen LogP contribution is 2.25. The van der Waals surface area contributed by atoms with Crippen LogP contribution in [0, 0.1) is 13.8 Å². The maximum absolute atomic E-state index is 12.8. The SMILES string of the molecule is CCC(Sc1nc2ccccc2c(=O)n1C)C(=O)Nc1cc(C)cc(C)c1. The average Bonchev–Trinajstić information content (AvgIpc) is 2.62. The summed E-state index contributed by atoms with van der Waals surface area (Å²) < 4.78 is 1.51. The highest BCUT2D eigenvalue weighted by Gasteiger charge is 2.21. The lowest BCUT2D eigenvalue weighted by Crippen LogP contribution is -2.27. The molecule has 1 heterocycles. The molecule has 0 spiro atoms. The summed E-state index contributed by atoms with van der Waals surface area (Å²) in [6, 6.07) is 13.2. The average molecular weight is 382 g/mol. The molecular weight excluding hydrogens is 358 g/mol. The Morgan fingerprint density at radius 1 is 1.19 bits per heavy atom. The number of rotatable bonds is 5. The number of nitrogens with one attached hydrogen (secondary N) is 1. The number of amides is 1. The fourth-order valence-electron chi connectivity index (χ4n) is 3.02. The number of hydrogen-bond acceptors (Lipinski definition) is 4. The van der Waals surface area contributed by atoms with E-state index in [-0.39, 0.29) is 16.7 Å². The van der Waals surface area contributed by atoms with Crippen molar-refractivity contribution < 1.29 is 4.79 Å². The molecule has 0 aliphatic heterocycles. The van der Waals surface area contributed by atoms with Crippen molar-refractivity contribution in [3.8, 4) is 0 Å². The Labute approximate surface area is 162 Å². The monoisotopic (exact) mass is 381 g/mol. The molecular formula is C21H23N3O2S. The predicted molar refractivity (Wildman–Crippen MR) is 111 cm³/mol. The fraction of sp³-hybridized carbons (Fsp3) is 0.286. The van der Waals surface area contributed by atoms with E-state index >= 15 is 0 Å². The summed E-state index contributed by atoms with van der Waals surface area (Å²) in [6.07, 6.45) is 0.629. The molecule has 3 aromatic rings. The fourth-order valence-corrected chi connectivity index (χ4v) is 4.00.